The predicted octanol–water partition coefficient (Wildman–Crippen LogP) is 3.28. The van der Waals surface area contributed by atoms with E-state index in [0.29, 0.717) is 5.56 Å². The molecule has 0 aliphatic carbocycles. The lowest BCUT2D eigenvalue weighted by atomic mass is 10.1. The number of aromatic carboxylic acids is 1. The van der Waals surface area contributed by atoms with E-state index in [4.69, 9.17) is 5.11 Å². The summed E-state index contributed by atoms with van der Waals surface area (Å²) in [6.07, 6.45) is 0. The molecule has 2 rings (SSSR count). The quantitative estimate of drug-likeness (QED) is 0.943. The lowest BCUT2D eigenvalue weighted by Crippen LogP contribution is -2.04. The molecule has 0 saturated carbocycles. The van der Waals surface area contributed by atoms with Crippen LogP contribution in [0.15, 0.2) is 41.3 Å². The van der Waals surface area contributed by atoms with Crippen LogP contribution in [-0.4, -0.2) is 15.3 Å². The molecule has 3 nitrogen and oxygen atoms in total. The summed E-state index contributed by atoms with van der Waals surface area (Å²) in [6, 6.07) is 7.30. The average Bonchev–Trinajstić information content (AvgIpc) is 2.43. The number of aryl methyl sites for hydroxylation is 1. The largest absolute Gasteiger partial charge is 0.478 e. The van der Waals surface area contributed by atoms with Crippen LogP contribution in [0.25, 0.3) is 0 Å². The SMILES string of the molecule is Cc1ccc(S(=O)Cc2cc(F)ccc2F)cc1C(=O)O. The summed E-state index contributed by atoms with van der Waals surface area (Å²) >= 11 is 0. The molecular formula is C15H12F2O3S. The van der Waals surface area contributed by atoms with Crippen LogP contribution in [0.1, 0.15) is 21.5 Å². The molecule has 0 heterocycles. The predicted molar refractivity (Wildman–Crippen MR) is 74.6 cm³/mol. The van der Waals surface area contributed by atoms with Crippen LogP contribution in [0, 0.1) is 18.6 Å². The van der Waals surface area contributed by atoms with E-state index in [0.717, 1.165) is 18.2 Å². The molecule has 1 N–H and O–H groups in total. The monoisotopic (exact) mass is 310 g/mol. The summed E-state index contributed by atoms with van der Waals surface area (Å²) in [5.74, 6) is -2.59. The van der Waals surface area contributed by atoms with Crippen molar-refractivity contribution in [3.63, 3.8) is 0 Å². The Bertz CT molecular complexity index is 729. The minimum absolute atomic E-state index is 0.00853. The van der Waals surface area contributed by atoms with E-state index in [1.165, 1.54) is 12.1 Å². The summed E-state index contributed by atoms with van der Waals surface area (Å²) in [7, 11) is -1.66. The van der Waals surface area contributed by atoms with Crippen molar-refractivity contribution in [1.29, 1.82) is 0 Å². The molecule has 1 unspecified atom stereocenters. The Morgan fingerprint density at radius 3 is 2.57 bits per heavy atom. The Morgan fingerprint density at radius 1 is 1.19 bits per heavy atom. The zero-order valence-corrected chi connectivity index (χ0v) is 11.9. The number of carboxylic acid groups (broad SMARTS) is 1. The second kappa shape index (κ2) is 6.13. The smallest absolute Gasteiger partial charge is 0.335 e. The van der Waals surface area contributed by atoms with E-state index >= 15 is 0 Å². The Balaban J connectivity index is 2.30. The van der Waals surface area contributed by atoms with Gasteiger partial charge >= 0.3 is 5.97 Å². The second-order valence-corrected chi connectivity index (χ2v) is 5.96. The third-order valence-corrected chi connectivity index (χ3v) is 4.35. The van der Waals surface area contributed by atoms with E-state index in [2.05, 4.69) is 0 Å². The highest BCUT2D eigenvalue weighted by molar-refractivity contribution is 7.84. The standard InChI is InChI=1S/C15H12F2O3S/c1-9-2-4-12(7-13(9)15(18)19)21(20)8-10-6-11(16)3-5-14(10)17/h2-7H,8H2,1H3,(H,18,19). The first-order valence-electron chi connectivity index (χ1n) is 6.04. The van der Waals surface area contributed by atoms with Gasteiger partial charge < -0.3 is 5.11 Å². The fraction of sp³-hybridized carbons (Fsp3) is 0.133. The number of benzene rings is 2. The first-order valence-corrected chi connectivity index (χ1v) is 7.36. The lowest BCUT2D eigenvalue weighted by Gasteiger charge is -2.07. The van der Waals surface area contributed by atoms with Crippen LogP contribution in [0.3, 0.4) is 0 Å². The van der Waals surface area contributed by atoms with Gasteiger partial charge in [-0.05, 0) is 42.8 Å². The van der Waals surface area contributed by atoms with Crippen molar-refractivity contribution in [2.24, 2.45) is 0 Å². The molecule has 0 radical (unpaired) electrons. The number of rotatable bonds is 4. The molecule has 110 valence electrons. The fourth-order valence-electron chi connectivity index (χ4n) is 1.85. The first-order chi connectivity index (χ1) is 9.88. The third-order valence-electron chi connectivity index (χ3n) is 3.00. The molecular weight excluding hydrogens is 298 g/mol. The minimum atomic E-state index is -1.66. The van der Waals surface area contributed by atoms with Crippen molar-refractivity contribution >= 4 is 16.8 Å². The number of hydrogen-bond donors (Lipinski definition) is 1. The Labute approximate surface area is 122 Å². The molecule has 2 aromatic rings. The van der Waals surface area contributed by atoms with Gasteiger partial charge in [0, 0.05) is 10.5 Å². The summed E-state index contributed by atoms with van der Waals surface area (Å²) < 4.78 is 38.8. The highest BCUT2D eigenvalue weighted by atomic mass is 32.2. The van der Waals surface area contributed by atoms with E-state index in [1.807, 2.05) is 0 Å². The van der Waals surface area contributed by atoms with Gasteiger partial charge in [-0.2, -0.15) is 0 Å². The van der Waals surface area contributed by atoms with Gasteiger partial charge in [0.1, 0.15) is 11.6 Å². The number of carbonyl (C=O) groups is 1. The maximum atomic E-state index is 13.5. The van der Waals surface area contributed by atoms with Crippen LogP contribution < -0.4 is 0 Å². The number of carboxylic acids is 1. The molecule has 0 aromatic heterocycles. The van der Waals surface area contributed by atoms with E-state index in [-0.39, 0.29) is 21.8 Å². The van der Waals surface area contributed by atoms with Crippen molar-refractivity contribution < 1.29 is 22.9 Å². The van der Waals surface area contributed by atoms with E-state index < -0.39 is 28.4 Å². The summed E-state index contributed by atoms with van der Waals surface area (Å²) in [4.78, 5) is 11.3. The van der Waals surface area contributed by atoms with Gasteiger partial charge in [0.2, 0.25) is 0 Å². The second-order valence-electron chi connectivity index (χ2n) is 4.51. The Morgan fingerprint density at radius 2 is 1.90 bits per heavy atom. The molecule has 2 aromatic carbocycles. The van der Waals surface area contributed by atoms with E-state index in [9.17, 15) is 17.8 Å². The molecule has 0 bridgehead atoms. The highest BCUT2D eigenvalue weighted by Gasteiger charge is 2.14. The summed E-state index contributed by atoms with van der Waals surface area (Å²) in [5.41, 5.74) is 0.575. The summed E-state index contributed by atoms with van der Waals surface area (Å²) in [6.45, 7) is 1.63. The maximum absolute atomic E-state index is 13.5. The number of hydrogen-bond acceptors (Lipinski definition) is 2. The normalized spacial score (nSPS) is 12.1. The number of halogens is 2. The van der Waals surface area contributed by atoms with Gasteiger partial charge in [-0.15, -0.1) is 0 Å². The average molecular weight is 310 g/mol. The molecule has 0 aliphatic rings. The zero-order chi connectivity index (χ0) is 15.6. The molecule has 0 saturated heterocycles. The van der Waals surface area contributed by atoms with Crippen LogP contribution in [0.2, 0.25) is 0 Å². The van der Waals surface area contributed by atoms with Crippen LogP contribution >= 0.6 is 0 Å². The van der Waals surface area contributed by atoms with Gasteiger partial charge in [-0.25, -0.2) is 13.6 Å². The first kappa shape index (κ1) is 15.3. The zero-order valence-electron chi connectivity index (χ0n) is 11.1. The molecule has 21 heavy (non-hydrogen) atoms. The minimum Gasteiger partial charge on any atom is -0.478 e. The molecule has 0 spiro atoms. The maximum Gasteiger partial charge on any atom is 0.335 e. The van der Waals surface area contributed by atoms with Crippen molar-refractivity contribution in [2.45, 2.75) is 17.6 Å². The summed E-state index contributed by atoms with van der Waals surface area (Å²) in [5, 5.41) is 9.03. The molecule has 0 aliphatic heterocycles. The van der Waals surface area contributed by atoms with Gasteiger partial charge in [0.25, 0.3) is 0 Å². The van der Waals surface area contributed by atoms with E-state index in [1.54, 1.807) is 13.0 Å². The molecule has 6 heteroatoms. The van der Waals surface area contributed by atoms with Crippen molar-refractivity contribution in [3.05, 3.63) is 64.7 Å². The van der Waals surface area contributed by atoms with Crippen molar-refractivity contribution in [1.82, 2.24) is 0 Å². The van der Waals surface area contributed by atoms with Crippen LogP contribution in [0.5, 0.6) is 0 Å². The van der Waals surface area contributed by atoms with Gasteiger partial charge in [0.05, 0.1) is 22.1 Å². The fourth-order valence-corrected chi connectivity index (χ4v) is 2.99. The van der Waals surface area contributed by atoms with Gasteiger partial charge in [-0.1, -0.05) is 6.07 Å². The van der Waals surface area contributed by atoms with Crippen molar-refractivity contribution in [2.75, 3.05) is 0 Å². The highest BCUT2D eigenvalue weighted by Crippen LogP contribution is 2.19. The lowest BCUT2D eigenvalue weighted by molar-refractivity contribution is 0.0696. The third kappa shape index (κ3) is 3.52. The molecule has 1 atom stereocenters. The topological polar surface area (TPSA) is 54.4 Å². The van der Waals surface area contributed by atoms with Gasteiger partial charge in [0.15, 0.2) is 0 Å². The molecule has 0 amide bonds. The van der Waals surface area contributed by atoms with Crippen LogP contribution in [0.4, 0.5) is 8.78 Å². The van der Waals surface area contributed by atoms with Crippen LogP contribution in [-0.2, 0) is 16.6 Å². The Hall–Kier alpha value is -2.08. The Kier molecular flexibility index (Phi) is 4.47. The molecule has 0 fully saturated rings. The van der Waals surface area contributed by atoms with Crippen molar-refractivity contribution in [3.8, 4) is 0 Å². The van der Waals surface area contributed by atoms with Gasteiger partial charge in [-0.3, -0.25) is 4.21 Å².